The normalized spacial score (nSPS) is 16.6. The van der Waals surface area contributed by atoms with Crippen LogP contribution in [-0.2, 0) is 0 Å². The summed E-state index contributed by atoms with van der Waals surface area (Å²) in [4.78, 5) is 2.07. The second-order valence-corrected chi connectivity index (χ2v) is 6.76. The van der Waals surface area contributed by atoms with Crippen molar-refractivity contribution in [3.63, 3.8) is 0 Å². The van der Waals surface area contributed by atoms with Crippen molar-refractivity contribution < 1.29 is 40.6 Å². The van der Waals surface area contributed by atoms with Gasteiger partial charge in [-0.15, -0.1) is 26.3 Å². The quantitative estimate of drug-likeness (QED) is 0.658. The minimum Gasteiger partial charge on any atom is -0.496 e. The third-order valence-corrected chi connectivity index (χ3v) is 4.68. The summed E-state index contributed by atoms with van der Waals surface area (Å²) in [5.41, 5.74) is 1.20. The molecule has 1 saturated heterocycles. The lowest BCUT2D eigenvalue weighted by Crippen LogP contribution is -2.45. The summed E-state index contributed by atoms with van der Waals surface area (Å²) < 4.78 is 88.3. The van der Waals surface area contributed by atoms with Gasteiger partial charge in [0.2, 0.25) is 0 Å². The smallest absolute Gasteiger partial charge is 0.496 e. The Balaban J connectivity index is 1.98. The molecule has 1 fully saturated rings. The van der Waals surface area contributed by atoms with Crippen molar-refractivity contribution >= 4 is 0 Å². The van der Waals surface area contributed by atoms with E-state index in [2.05, 4.69) is 19.7 Å². The lowest BCUT2D eigenvalue weighted by atomic mass is 9.95. The zero-order valence-electron chi connectivity index (χ0n) is 16.4. The van der Waals surface area contributed by atoms with E-state index in [1.165, 1.54) is 43.5 Å². The van der Waals surface area contributed by atoms with Crippen LogP contribution in [0.4, 0.5) is 26.3 Å². The van der Waals surface area contributed by atoms with E-state index in [9.17, 15) is 26.3 Å². The molecule has 3 rings (SSSR count). The van der Waals surface area contributed by atoms with Gasteiger partial charge in [0.15, 0.2) is 0 Å². The molecule has 1 aliphatic heterocycles. The number of methoxy groups -OCH3 is 1. The molecule has 2 aromatic carbocycles. The lowest BCUT2D eigenvalue weighted by Gasteiger charge is -2.36. The van der Waals surface area contributed by atoms with Crippen LogP contribution in [0.15, 0.2) is 42.5 Å². The van der Waals surface area contributed by atoms with Gasteiger partial charge >= 0.3 is 12.7 Å². The van der Waals surface area contributed by atoms with Gasteiger partial charge in [-0.3, -0.25) is 4.90 Å². The van der Waals surface area contributed by atoms with Crippen LogP contribution in [0.2, 0.25) is 0 Å². The molecule has 1 N–H and O–H groups in total. The van der Waals surface area contributed by atoms with E-state index in [0.29, 0.717) is 37.3 Å². The molecule has 170 valence electrons. The highest BCUT2D eigenvalue weighted by atomic mass is 19.4. The van der Waals surface area contributed by atoms with Crippen molar-refractivity contribution in [2.75, 3.05) is 33.3 Å². The van der Waals surface area contributed by atoms with Crippen molar-refractivity contribution in [1.82, 2.24) is 10.2 Å². The number of alkyl halides is 6. The molecule has 0 amide bonds. The molecule has 0 unspecified atom stereocenters. The van der Waals surface area contributed by atoms with Crippen molar-refractivity contribution in [3.05, 3.63) is 53.6 Å². The predicted octanol–water partition coefficient (Wildman–Crippen LogP) is 4.49. The fourth-order valence-corrected chi connectivity index (χ4v) is 3.49. The summed E-state index contributed by atoms with van der Waals surface area (Å²) >= 11 is 0. The predicted molar refractivity (Wildman–Crippen MR) is 99.1 cm³/mol. The molecule has 0 bridgehead atoms. The topological polar surface area (TPSA) is 43.0 Å². The first-order chi connectivity index (χ1) is 14.6. The maximum absolute atomic E-state index is 12.6. The number of halogens is 6. The Morgan fingerprint density at radius 1 is 0.839 bits per heavy atom. The fourth-order valence-electron chi connectivity index (χ4n) is 3.49. The monoisotopic (exact) mass is 450 g/mol. The molecule has 0 aromatic heterocycles. The van der Waals surface area contributed by atoms with Gasteiger partial charge in [0.05, 0.1) is 13.2 Å². The summed E-state index contributed by atoms with van der Waals surface area (Å²) in [6.07, 6.45) is -9.66. The van der Waals surface area contributed by atoms with Crippen molar-refractivity contribution in [1.29, 1.82) is 0 Å². The molecular weight excluding hydrogens is 430 g/mol. The van der Waals surface area contributed by atoms with Gasteiger partial charge in [-0.05, 0) is 29.8 Å². The molecule has 31 heavy (non-hydrogen) atoms. The molecule has 1 atom stereocenters. The van der Waals surface area contributed by atoms with Crippen molar-refractivity contribution in [2.24, 2.45) is 0 Å². The number of hydrogen-bond acceptors (Lipinski definition) is 5. The molecule has 0 aliphatic carbocycles. The number of hydrogen-bond donors (Lipinski definition) is 1. The van der Waals surface area contributed by atoms with Crippen LogP contribution in [0.1, 0.15) is 17.2 Å². The van der Waals surface area contributed by atoms with Crippen LogP contribution in [-0.4, -0.2) is 50.9 Å². The van der Waals surface area contributed by atoms with Gasteiger partial charge in [0.25, 0.3) is 0 Å². The van der Waals surface area contributed by atoms with E-state index in [-0.39, 0.29) is 11.5 Å². The first-order valence-electron chi connectivity index (χ1n) is 9.30. The summed E-state index contributed by atoms with van der Waals surface area (Å²) in [7, 11) is 1.32. The van der Waals surface area contributed by atoms with E-state index in [1.54, 1.807) is 0 Å². The van der Waals surface area contributed by atoms with E-state index in [0.717, 1.165) is 6.07 Å². The average molecular weight is 450 g/mol. The van der Waals surface area contributed by atoms with Crippen LogP contribution in [0.25, 0.3) is 0 Å². The highest BCUT2D eigenvalue weighted by molar-refractivity contribution is 5.47. The SMILES string of the molecule is COc1cc(OC(F)(F)F)ccc1[C@@H](c1ccc(OC(F)(F)F)cc1)N1CCNCC1. The molecular formula is C20H20F6N2O3. The van der Waals surface area contributed by atoms with E-state index in [4.69, 9.17) is 4.74 Å². The maximum Gasteiger partial charge on any atom is 0.573 e. The van der Waals surface area contributed by atoms with Crippen LogP contribution in [0.3, 0.4) is 0 Å². The lowest BCUT2D eigenvalue weighted by molar-refractivity contribution is -0.275. The minimum atomic E-state index is -4.85. The molecule has 1 heterocycles. The fraction of sp³-hybridized carbons (Fsp3) is 0.400. The van der Waals surface area contributed by atoms with Gasteiger partial charge in [0.1, 0.15) is 17.2 Å². The largest absolute Gasteiger partial charge is 0.573 e. The van der Waals surface area contributed by atoms with Crippen LogP contribution in [0.5, 0.6) is 17.2 Å². The minimum absolute atomic E-state index is 0.168. The first-order valence-corrected chi connectivity index (χ1v) is 9.30. The summed E-state index contributed by atoms with van der Waals surface area (Å²) in [6.45, 7) is 2.61. The van der Waals surface area contributed by atoms with Gasteiger partial charge < -0.3 is 19.5 Å². The summed E-state index contributed by atoms with van der Waals surface area (Å²) in [5.74, 6) is -0.627. The Labute approximate surface area is 174 Å². The zero-order valence-corrected chi connectivity index (χ0v) is 16.4. The third-order valence-electron chi connectivity index (χ3n) is 4.68. The molecule has 2 aromatic rings. The average Bonchev–Trinajstić information content (AvgIpc) is 2.69. The number of nitrogens with one attached hydrogen (secondary N) is 1. The maximum atomic E-state index is 12.6. The van der Waals surface area contributed by atoms with E-state index in [1.807, 2.05) is 0 Å². The number of rotatable bonds is 6. The Bertz CT molecular complexity index is 865. The Kier molecular flexibility index (Phi) is 6.85. The van der Waals surface area contributed by atoms with Crippen molar-refractivity contribution in [3.8, 4) is 17.2 Å². The Morgan fingerprint density at radius 3 is 1.94 bits per heavy atom. The summed E-state index contributed by atoms with van der Waals surface area (Å²) in [5, 5.41) is 3.21. The second-order valence-electron chi connectivity index (χ2n) is 6.76. The number of nitrogens with zero attached hydrogens (tertiary/aromatic N) is 1. The molecule has 1 aliphatic rings. The third kappa shape index (κ3) is 6.41. The van der Waals surface area contributed by atoms with Gasteiger partial charge in [-0.1, -0.05) is 12.1 Å². The summed E-state index contributed by atoms with van der Waals surface area (Å²) in [6, 6.07) is 8.71. The highest BCUT2D eigenvalue weighted by Gasteiger charge is 2.33. The Morgan fingerprint density at radius 2 is 1.39 bits per heavy atom. The van der Waals surface area contributed by atoms with Gasteiger partial charge in [-0.25, -0.2) is 0 Å². The van der Waals surface area contributed by atoms with E-state index < -0.39 is 24.5 Å². The molecule has 0 spiro atoms. The highest BCUT2D eigenvalue weighted by Crippen LogP contribution is 2.38. The second kappa shape index (κ2) is 9.23. The van der Waals surface area contributed by atoms with Crippen LogP contribution < -0.4 is 19.5 Å². The van der Waals surface area contributed by atoms with Crippen LogP contribution in [0, 0.1) is 0 Å². The Hall–Kier alpha value is -2.66. The first kappa shape index (κ1) is 23.0. The molecule has 5 nitrogen and oxygen atoms in total. The zero-order chi connectivity index (χ0) is 22.6. The number of ether oxygens (including phenoxy) is 3. The molecule has 0 saturated carbocycles. The van der Waals surface area contributed by atoms with Gasteiger partial charge in [0, 0.05) is 37.8 Å². The van der Waals surface area contributed by atoms with Crippen molar-refractivity contribution in [2.45, 2.75) is 18.8 Å². The standard InChI is InChI=1S/C20H20F6N2O3/c1-29-17-12-15(31-20(24,25)26)6-7-16(17)18(28-10-8-27-9-11-28)13-2-4-14(5-3-13)30-19(21,22)23/h2-7,12,18,27H,8-11H2,1H3/t18-/m1/s1. The molecule has 0 radical (unpaired) electrons. The number of benzene rings is 2. The molecule has 11 heteroatoms. The van der Waals surface area contributed by atoms with Crippen LogP contribution >= 0.6 is 0 Å². The van der Waals surface area contributed by atoms with Gasteiger partial charge in [-0.2, -0.15) is 0 Å². The van der Waals surface area contributed by atoms with E-state index >= 15 is 0 Å². The number of piperazine rings is 1.